The van der Waals surface area contributed by atoms with E-state index in [2.05, 4.69) is 5.32 Å². The molecule has 1 N–H and O–H groups in total. The molecule has 0 aliphatic heterocycles. The lowest BCUT2D eigenvalue weighted by Crippen LogP contribution is -2.53. The Balaban J connectivity index is 2.43. The summed E-state index contributed by atoms with van der Waals surface area (Å²) in [6.07, 6.45) is 0.697. The van der Waals surface area contributed by atoms with Crippen molar-refractivity contribution in [2.45, 2.75) is 45.8 Å². The van der Waals surface area contributed by atoms with Gasteiger partial charge in [0.2, 0.25) is 11.8 Å². The first-order chi connectivity index (χ1) is 16.0. The highest BCUT2D eigenvalue weighted by Crippen LogP contribution is 2.21. The van der Waals surface area contributed by atoms with E-state index in [1.165, 1.54) is 37.2 Å². The number of benzene rings is 2. The molecule has 2 atom stereocenters. The number of amides is 2. The van der Waals surface area contributed by atoms with E-state index in [1.54, 1.807) is 43.3 Å². The molecule has 0 spiro atoms. The second-order valence-electron chi connectivity index (χ2n) is 8.24. The third-order valence-electron chi connectivity index (χ3n) is 5.53. The maximum Gasteiger partial charge on any atom is 0.304 e. The minimum absolute atomic E-state index is 0.115. The van der Waals surface area contributed by atoms with Crippen LogP contribution < -0.4 is 9.62 Å². The van der Waals surface area contributed by atoms with Gasteiger partial charge >= 0.3 is 10.2 Å². The smallest absolute Gasteiger partial charge is 0.304 e. The molecule has 0 bridgehead atoms. The Morgan fingerprint density at radius 3 is 2.15 bits per heavy atom. The van der Waals surface area contributed by atoms with Gasteiger partial charge in [0, 0.05) is 32.2 Å². The number of rotatable bonds is 11. The summed E-state index contributed by atoms with van der Waals surface area (Å²) in [7, 11) is -1.29. The average Bonchev–Trinajstić information content (AvgIpc) is 2.81. The van der Waals surface area contributed by atoms with Crippen LogP contribution in [0.2, 0.25) is 0 Å². The molecule has 2 aromatic carbocycles. The Morgan fingerprint density at radius 2 is 1.59 bits per heavy atom. The van der Waals surface area contributed by atoms with Gasteiger partial charge in [-0.3, -0.25) is 9.59 Å². The van der Waals surface area contributed by atoms with Gasteiger partial charge in [-0.25, -0.2) is 8.70 Å². The molecule has 0 fully saturated rings. The third-order valence-corrected chi connectivity index (χ3v) is 7.35. The average molecular weight is 493 g/mol. The van der Waals surface area contributed by atoms with E-state index in [4.69, 9.17) is 0 Å². The molecule has 0 radical (unpaired) electrons. The third kappa shape index (κ3) is 6.77. The minimum atomic E-state index is -4.03. The fourth-order valence-corrected chi connectivity index (χ4v) is 4.23. The number of carbonyl (C=O) groups excluding carboxylic acids is 2. The van der Waals surface area contributed by atoms with Crippen LogP contribution in [-0.4, -0.2) is 62.2 Å². The topological polar surface area (TPSA) is 90.0 Å². The van der Waals surface area contributed by atoms with Gasteiger partial charge in [0.1, 0.15) is 18.4 Å². The Labute approximate surface area is 201 Å². The van der Waals surface area contributed by atoms with Crippen LogP contribution in [0, 0.1) is 5.82 Å². The summed E-state index contributed by atoms with van der Waals surface area (Å²) in [4.78, 5) is 27.6. The van der Waals surface area contributed by atoms with Gasteiger partial charge in [-0.05, 0) is 38.5 Å². The van der Waals surface area contributed by atoms with Crippen LogP contribution in [-0.2, 0) is 26.3 Å². The van der Waals surface area contributed by atoms with Gasteiger partial charge in [0.05, 0.1) is 5.69 Å². The fourth-order valence-electron chi connectivity index (χ4n) is 3.17. The zero-order chi connectivity index (χ0) is 25.5. The van der Waals surface area contributed by atoms with Crippen LogP contribution >= 0.6 is 0 Å². The van der Waals surface area contributed by atoms with Gasteiger partial charge in [0.25, 0.3) is 0 Å². The monoisotopic (exact) mass is 492 g/mol. The molecule has 8 nitrogen and oxygen atoms in total. The van der Waals surface area contributed by atoms with Crippen molar-refractivity contribution in [3.05, 3.63) is 66.0 Å². The normalized spacial score (nSPS) is 13.3. The largest absolute Gasteiger partial charge is 0.352 e. The van der Waals surface area contributed by atoms with E-state index < -0.39 is 40.4 Å². The highest BCUT2D eigenvalue weighted by molar-refractivity contribution is 7.90. The van der Waals surface area contributed by atoms with Crippen LogP contribution in [0.4, 0.5) is 10.1 Å². The number of halogens is 1. The molecule has 0 heterocycles. The molecule has 0 aromatic heterocycles. The van der Waals surface area contributed by atoms with Gasteiger partial charge < -0.3 is 10.2 Å². The van der Waals surface area contributed by atoms with E-state index in [0.717, 1.165) is 8.61 Å². The van der Waals surface area contributed by atoms with E-state index in [9.17, 15) is 22.4 Å². The summed E-state index contributed by atoms with van der Waals surface area (Å²) in [6.45, 7) is 4.56. The number of para-hydroxylation sites is 1. The molecule has 186 valence electrons. The van der Waals surface area contributed by atoms with Gasteiger partial charge in [0.15, 0.2) is 0 Å². The van der Waals surface area contributed by atoms with E-state index >= 15 is 0 Å². The van der Waals surface area contributed by atoms with Crippen molar-refractivity contribution in [3.63, 3.8) is 0 Å². The van der Waals surface area contributed by atoms with Crippen molar-refractivity contribution in [3.8, 4) is 0 Å². The van der Waals surface area contributed by atoms with Crippen LogP contribution in [0.15, 0.2) is 54.6 Å². The van der Waals surface area contributed by atoms with E-state index in [0.29, 0.717) is 12.1 Å². The molecule has 0 saturated heterocycles. The minimum Gasteiger partial charge on any atom is -0.352 e. The number of nitrogens with zero attached hydrogens (tertiary/aromatic N) is 3. The standard InChI is InChI=1S/C24H33FN4O4S/c1-6-18(2)26-24(31)19(3)28(16-20-12-10-11-15-22(20)25)23(30)17-29(34(32,33)27(4)5)21-13-8-7-9-14-21/h7-15,18-19H,6,16-17H2,1-5H3,(H,26,31)/t18-,19-/m0/s1. The predicted molar refractivity (Wildman–Crippen MR) is 131 cm³/mol. The Bertz CT molecular complexity index is 1080. The molecule has 0 aliphatic rings. The molecule has 2 rings (SSSR count). The Morgan fingerprint density at radius 1 is 1.00 bits per heavy atom. The quantitative estimate of drug-likeness (QED) is 0.522. The van der Waals surface area contributed by atoms with Gasteiger partial charge in [-0.1, -0.05) is 43.3 Å². The van der Waals surface area contributed by atoms with Gasteiger partial charge in [-0.15, -0.1) is 0 Å². The molecule has 10 heteroatoms. The van der Waals surface area contributed by atoms with Crippen molar-refractivity contribution in [2.75, 3.05) is 24.9 Å². The lowest BCUT2D eigenvalue weighted by atomic mass is 10.1. The molecule has 34 heavy (non-hydrogen) atoms. The Kier molecular flexibility index (Phi) is 9.57. The first-order valence-corrected chi connectivity index (χ1v) is 12.5. The lowest BCUT2D eigenvalue weighted by molar-refractivity contribution is -0.139. The SMILES string of the molecule is CC[C@H](C)NC(=O)[C@H](C)N(Cc1ccccc1F)C(=O)CN(c1ccccc1)S(=O)(=O)N(C)C. The fraction of sp³-hybridized carbons (Fsp3) is 0.417. The molecule has 0 unspecified atom stereocenters. The van der Waals surface area contributed by atoms with Crippen LogP contribution in [0.25, 0.3) is 0 Å². The summed E-state index contributed by atoms with van der Waals surface area (Å²) in [5, 5.41) is 2.83. The first-order valence-electron chi connectivity index (χ1n) is 11.1. The summed E-state index contributed by atoms with van der Waals surface area (Å²) in [5.74, 6) is -1.55. The van der Waals surface area contributed by atoms with Crippen molar-refractivity contribution < 1.29 is 22.4 Å². The van der Waals surface area contributed by atoms with E-state index in [-0.39, 0.29) is 18.2 Å². The maximum atomic E-state index is 14.4. The van der Waals surface area contributed by atoms with Crippen molar-refractivity contribution in [1.82, 2.24) is 14.5 Å². The zero-order valence-corrected chi connectivity index (χ0v) is 21.0. The summed E-state index contributed by atoms with van der Waals surface area (Å²) in [6, 6.07) is 13.1. The predicted octanol–water partition coefficient (Wildman–Crippen LogP) is 2.77. The first kappa shape index (κ1) is 27.3. The number of nitrogens with one attached hydrogen (secondary N) is 1. The van der Waals surface area contributed by atoms with Crippen molar-refractivity contribution in [1.29, 1.82) is 0 Å². The second-order valence-corrected chi connectivity index (χ2v) is 10.3. The molecular weight excluding hydrogens is 459 g/mol. The maximum absolute atomic E-state index is 14.4. The number of hydrogen-bond donors (Lipinski definition) is 1. The molecule has 0 aliphatic carbocycles. The number of anilines is 1. The number of carbonyl (C=O) groups is 2. The molecule has 0 saturated carbocycles. The summed E-state index contributed by atoms with van der Waals surface area (Å²) in [5.41, 5.74) is 0.521. The highest BCUT2D eigenvalue weighted by atomic mass is 32.2. The zero-order valence-electron chi connectivity index (χ0n) is 20.2. The highest BCUT2D eigenvalue weighted by Gasteiger charge is 2.33. The van der Waals surface area contributed by atoms with Crippen LogP contribution in [0.1, 0.15) is 32.8 Å². The van der Waals surface area contributed by atoms with Crippen LogP contribution in [0.3, 0.4) is 0 Å². The van der Waals surface area contributed by atoms with Crippen LogP contribution in [0.5, 0.6) is 0 Å². The Hall–Kier alpha value is -2.98. The van der Waals surface area contributed by atoms with E-state index in [1.807, 2.05) is 13.8 Å². The van der Waals surface area contributed by atoms with Gasteiger partial charge in [-0.2, -0.15) is 12.7 Å². The van der Waals surface area contributed by atoms with Crippen molar-refractivity contribution in [2.24, 2.45) is 0 Å². The summed E-state index contributed by atoms with van der Waals surface area (Å²) >= 11 is 0. The number of hydrogen-bond acceptors (Lipinski definition) is 4. The molecular formula is C24H33FN4O4S. The molecule has 2 aromatic rings. The summed E-state index contributed by atoms with van der Waals surface area (Å²) < 4.78 is 42.5. The molecule has 2 amide bonds. The lowest BCUT2D eigenvalue weighted by Gasteiger charge is -2.33. The van der Waals surface area contributed by atoms with Crippen molar-refractivity contribution >= 4 is 27.7 Å². The second kappa shape index (κ2) is 11.9.